The molecule has 2 saturated heterocycles. The molecule has 0 saturated carbocycles. The quantitative estimate of drug-likeness (QED) is 0.220. The van der Waals surface area contributed by atoms with E-state index in [1.807, 2.05) is 36.4 Å². The van der Waals surface area contributed by atoms with Crippen LogP contribution >= 0.6 is 0 Å². The lowest BCUT2D eigenvalue weighted by Crippen LogP contribution is -2.52. The Bertz CT molecular complexity index is 1670. The summed E-state index contributed by atoms with van der Waals surface area (Å²) in [6, 6.07) is 18.3. The first-order valence-corrected chi connectivity index (χ1v) is 12.7. The third-order valence-corrected chi connectivity index (χ3v) is 7.67. The fraction of sp³-hybridized carbons (Fsp3) is 0.267. The summed E-state index contributed by atoms with van der Waals surface area (Å²) in [5, 5.41) is 13.7. The lowest BCUT2D eigenvalue weighted by molar-refractivity contribution is -0.254. The standard InChI is InChI=1S/C30H26N2O7/c1-37-29(35)17-13-31(14-17)19-7-9-23-25(11-19)39-26-12-20(32-15-18(16-32)30(36)38-2)8-10-24(26)27(23)21-5-3-4-6-22(21)28(33)34/h3-12,17-18H,13-16H2,1-2H3. The highest BCUT2D eigenvalue weighted by molar-refractivity contribution is 6.07. The van der Waals surface area contributed by atoms with Gasteiger partial charge in [-0.05, 0) is 23.8 Å². The Hall–Kier alpha value is -4.66. The molecule has 0 atom stereocenters. The number of carbonyl (C=O) groups excluding carboxylic acids is 3. The van der Waals surface area contributed by atoms with Crippen LogP contribution in [0.3, 0.4) is 0 Å². The van der Waals surface area contributed by atoms with Crippen LogP contribution in [0.25, 0.3) is 33.4 Å². The molecule has 0 amide bonds. The average molecular weight is 527 g/mol. The van der Waals surface area contributed by atoms with Crippen molar-refractivity contribution in [3.8, 4) is 22.5 Å². The van der Waals surface area contributed by atoms with Crippen LogP contribution in [-0.4, -0.2) is 58.3 Å². The van der Waals surface area contributed by atoms with Gasteiger partial charge < -0.3 is 28.7 Å². The molecule has 1 aliphatic carbocycles. The zero-order valence-corrected chi connectivity index (χ0v) is 21.5. The molecule has 0 aromatic heterocycles. The monoisotopic (exact) mass is 526 g/mol. The summed E-state index contributed by atoms with van der Waals surface area (Å²) in [6.45, 7) is 2.19. The summed E-state index contributed by atoms with van der Waals surface area (Å²) in [6.07, 6.45) is 0. The highest BCUT2D eigenvalue weighted by atomic mass is 16.5. The molecule has 3 aliphatic heterocycles. The molecule has 2 fully saturated rings. The normalized spacial score (nSPS) is 17.0. The predicted molar refractivity (Wildman–Crippen MR) is 141 cm³/mol. The molecule has 3 heterocycles. The molecule has 9 nitrogen and oxygen atoms in total. The molecule has 9 heteroatoms. The van der Waals surface area contributed by atoms with Gasteiger partial charge in [0.1, 0.15) is 11.3 Å². The molecular weight excluding hydrogens is 500 g/mol. The van der Waals surface area contributed by atoms with E-state index in [1.54, 1.807) is 18.2 Å². The van der Waals surface area contributed by atoms with Crippen molar-refractivity contribution in [3.63, 3.8) is 0 Å². The topological polar surface area (TPSA) is 112 Å². The second-order valence-corrected chi connectivity index (χ2v) is 9.92. The number of aromatic carboxylic acids is 1. The maximum atomic E-state index is 12.0. The SMILES string of the molecule is COC(=O)C1CN(c2ccc3c(-c4ccccc4C(=O)[O-])c4ccc(=[N+]5CC(C(=O)OC)C5)cc-4oc3c2)C1. The van der Waals surface area contributed by atoms with E-state index < -0.39 is 5.97 Å². The van der Waals surface area contributed by atoms with Crippen molar-refractivity contribution in [1.82, 2.24) is 4.58 Å². The molecule has 0 radical (unpaired) electrons. The maximum absolute atomic E-state index is 12.0. The van der Waals surface area contributed by atoms with E-state index in [4.69, 9.17) is 13.9 Å². The van der Waals surface area contributed by atoms with Gasteiger partial charge in [-0.3, -0.25) is 9.59 Å². The van der Waals surface area contributed by atoms with Crippen LogP contribution in [-0.2, 0) is 19.1 Å². The molecule has 0 unspecified atom stereocenters. The lowest BCUT2D eigenvalue weighted by atomic mass is 9.90. The number of esters is 2. The highest BCUT2D eigenvalue weighted by Crippen LogP contribution is 2.42. The third kappa shape index (κ3) is 4.20. The van der Waals surface area contributed by atoms with E-state index in [0.29, 0.717) is 43.1 Å². The highest BCUT2D eigenvalue weighted by Gasteiger charge is 2.39. The Labute approximate surface area is 223 Å². The molecule has 39 heavy (non-hydrogen) atoms. The van der Waals surface area contributed by atoms with Crippen molar-refractivity contribution in [1.29, 1.82) is 0 Å². The van der Waals surface area contributed by atoms with E-state index in [0.717, 1.165) is 27.6 Å². The Morgan fingerprint density at radius 1 is 0.897 bits per heavy atom. The Morgan fingerprint density at radius 2 is 1.62 bits per heavy atom. The first kappa shape index (κ1) is 24.7. The van der Waals surface area contributed by atoms with Crippen LogP contribution in [0.15, 0.2) is 65.1 Å². The minimum absolute atomic E-state index is 0.0896. The van der Waals surface area contributed by atoms with Crippen molar-refractivity contribution in [3.05, 3.63) is 71.6 Å². The molecule has 6 rings (SSSR count). The minimum Gasteiger partial charge on any atom is -0.545 e. The molecule has 2 aromatic carbocycles. The van der Waals surface area contributed by atoms with Crippen LogP contribution in [0.2, 0.25) is 0 Å². The van der Waals surface area contributed by atoms with Crippen molar-refractivity contribution >= 4 is 34.6 Å². The molecular formula is C30H26N2O7. The molecule has 198 valence electrons. The van der Waals surface area contributed by atoms with Gasteiger partial charge in [-0.1, -0.05) is 24.3 Å². The smallest absolute Gasteiger partial charge is 0.321 e. The van der Waals surface area contributed by atoms with Crippen molar-refractivity contribution in [2.45, 2.75) is 0 Å². The van der Waals surface area contributed by atoms with Crippen molar-refractivity contribution < 1.29 is 33.4 Å². The number of methoxy groups -OCH3 is 2. The number of rotatable bonds is 5. The van der Waals surface area contributed by atoms with Crippen LogP contribution in [0.4, 0.5) is 5.69 Å². The van der Waals surface area contributed by atoms with Crippen LogP contribution in [0, 0.1) is 11.8 Å². The number of carboxylic acids is 1. The Balaban J connectivity index is 1.51. The number of hydrogen-bond donors (Lipinski definition) is 0. The van der Waals surface area contributed by atoms with Gasteiger partial charge in [0.25, 0.3) is 0 Å². The summed E-state index contributed by atoms with van der Waals surface area (Å²) in [5.74, 6) is -1.47. The van der Waals surface area contributed by atoms with Gasteiger partial charge in [0.15, 0.2) is 19.0 Å². The molecule has 4 aliphatic rings. The lowest BCUT2D eigenvalue weighted by Gasteiger charge is -2.39. The summed E-state index contributed by atoms with van der Waals surface area (Å²) >= 11 is 0. The first-order valence-electron chi connectivity index (χ1n) is 12.7. The molecule has 0 N–H and O–H groups in total. The van der Waals surface area contributed by atoms with Gasteiger partial charge in [0, 0.05) is 53.0 Å². The van der Waals surface area contributed by atoms with E-state index in [-0.39, 0.29) is 29.3 Å². The second-order valence-electron chi connectivity index (χ2n) is 9.92. The number of carbonyl (C=O) groups is 3. The number of nitrogens with zero attached hydrogens (tertiary/aromatic N) is 2. The maximum Gasteiger partial charge on any atom is 0.321 e. The van der Waals surface area contributed by atoms with Gasteiger partial charge in [-0.15, -0.1) is 0 Å². The van der Waals surface area contributed by atoms with Gasteiger partial charge >= 0.3 is 11.9 Å². The zero-order valence-electron chi connectivity index (χ0n) is 21.5. The summed E-state index contributed by atoms with van der Waals surface area (Å²) in [4.78, 5) is 37.8. The van der Waals surface area contributed by atoms with Gasteiger partial charge in [0.2, 0.25) is 5.36 Å². The average Bonchev–Trinajstić information content (AvgIpc) is 2.89. The zero-order chi connectivity index (χ0) is 27.3. The minimum atomic E-state index is -1.26. The summed E-state index contributed by atoms with van der Waals surface area (Å²) in [5.41, 5.74) is 3.59. The summed E-state index contributed by atoms with van der Waals surface area (Å²) in [7, 11) is 2.78. The number of hydrogen-bond acceptors (Lipinski definition) is 8. The summed E-state index contributed by atoms with van der Waals surface area (Å²) < 4.78 is 18.2. The number of ether oxygens (including phenoxy) is 2. The number of benzene rings is 3. The molecule has 0 bridgehead atoms. The van der Waals surface area contributed by atoms with E-state index >= 15 is 0 Å². The molecule has 0 spiro atoms. The van der Waals surface area contributed by atoms with Crippen LogP contribution < -0.4 is 19.9 Å². The van der Waals surface area contributed by atoms with Crippen LogP contribution in [0.1, 0.15) is 10.4 Å². The van der Waals surface area contributed by atoms with Gasteiger partial charge in [0.05, 0.1) is 32.2 Å². The van der Waals surface area contributed by atoms with E-state index in [1.165, 1.54) is 20.3 Å². The largest absolute Gasteiger partial charge is 0.545 e. The number of carboxylic acid groups (broad SMARTS) is 1. The Morgan fingerprint density at radius 3 is 2.33 bits per heavy atom. The fourth-order valence-corrected chi connectivity index (χ4v) is 5.44. The van der Waals surface area contributed by atoms with Crippen LogP contribution in [0.5, 0.6) is 0 Å². The van der Waals surface area contributed by atoms with E-state index in [2.05, 4.69) is 9.48 Å². The number of fused-ring (bicyclic) bond motifs is 2. The predicted octanol–water partition coefficient (Wildman–Crippen LogP) is 1.75. The fourth-order valence-electron chi connectivity index (χ4n) is 5.44. The second kappa shape index (κ2) is 9.58. The van der Waals surface area contributed by atoms with Crippen molar-refractivity contribution in [2.75, 3.05) is 45.3 Å². The first-order chi connectivity index (χ1) is 18.9. The van der Waals surface area contributed by atoms with Crippen molar-refractivity contribution in [2.24, 2.45) is 11.8 Å². The molecule has 2 aromatic rings. The van der Waals surface area contributed by atoms with E-state index in [9.17, 15) is 19.5 Å². The Kier molecular flexibility index (Phi) is 6.06. The van der Waals surface area contributed by atoms with Gasteiger partial charge in [-0.2, -0.15) is 0 Å². The number of anilines is 1. The third-order valence-electron chi connectivity index (χ3n) is 7.67. The van der Waals surface area contributed by atoms with Gasteiger partial charge in [-0.25, -0.2) is 4.58 Å².